The van der Waals surface area contributed by atoms with Crippen LogP contribution in [0.15, 0.2) is 81.7 Å². The number of aryl methyl sites for hydroxylation is 1. The van der Waals surface area contributed by atoms with E-state index in [1.165, 1.54) is 23.9 Å². The Balaban J connectivity index is 1.83. The molecule has 0 aliphatic carbocycles. The van der Waals surface area contributed by atoms with Crippen LogP contribution in [0.2, 0.25) is 0 Å². The summed E-state index contributed by atoms with van der Waals surface area (Å²) in [6.07, 6.45) is 3.35. The summed E-state index contributed by atoms with van der Waals surface area (Å²) in [5.74, 6) is 0. The Hall–Kier alpha value is -2.82. The molecule has 3 rings (SSSR count). The average molecular weight is 382 g/mol. The van der Waals surface area contributed by atoms with E-state index < -0.39 is 10.1 Å². The van der Waals surface area contributed by atoms with Crippen molar-refractivity contribution in [2.24, 2.45) is 5.16 Å². The smallest absolute Gasteiger partial charge is 0.264 e. The Bertz CT molecular complexity index is 1060. The van der Waals surface area contributed by atoms with Gasteiger partial charge in [-0.05, 0) is 42.3 Å². The number of rotatable bonds is 4. The van der Waals surface area contributed by atoms with Gasteiger partial charge >= 0.3 is 10.1 Å². The fraction of sp³-hybridized carbons (Fsp3) is 0.0526. The molecule has 1 aliphatic heterocycles. The zero-order valence-electron chi connectivity index (χ0n) is 13.8. The van der Waals surface area contributed by atoms with Crippen LogP contribution in [0.25, 0.3) is 5.57 Å². The molecule has 0 saturated carbocycles. The van der Waals surface area contributed by atoms with Crippen molar-refractivity contribution in [3.8, 4) is 6.07 Å². The Morgan fingerprint density at radius 2 is 1.77 bits per heavy atom. The Kier molecular flexibility index (Phi) is 5.26. The highest BCUT2D eigenvalue weighted by Crippen LogP contribution is 2.35. The summed E-state index contributed by atoms with van der Waals surface area (Å²) < 4.78 is 29.0. The van der Waals surface area contributed by atoms with Crippen molar-refractivity contribution in [2.75, 3.05) is 0 Å². The van der Waals surface area contributed by atoms with E-state index in [2.05, 4.69) is 11.2 Å². The molecule has 1 heterocycles. The third kappa shape index (κ3) is 3.87. The van der Waals surface area contributed by atoms with Crippen LogP contribution >= 0.6 is 11.8 Å². The van der Waals surface area contributed by atoms with Gasteiger partial charge in [-0.1, -0.05) is 59.4 Å². The highest BCUT2D eigenvalue weighted by molar-refractivity contribution is 8.18. The molecule has 130 valence electrons. The number of thioether (sulfide) groups is 1. The van der Waals surface area contributed by atoms with Gasteiger partial charge in [-0.2, -0.15) is 13.7 Å². The van der Waals surface area contributed by atoms with Crippen LogP contribution in [-0.4, -0.2) is 13.5 Å². The third-order valence-corrected chi connectivity index (χ3v) is 5.72. The zero-order valence-corrected chi connectivity index (χ0v) is 15.4. The number of oxime groups is 1. The first-order chi connectivity index (χ1) is 12.5. The molecular weight excluding hydrogens is 368 g/mol. The van der Waals surface area contributed by atoms with Gasteiger partial charge in [-0.15, -0.1) is 0 Å². The first-order valence-corrected chi connectivity index (χ1v) is 9.87. The largest absolute Gasteiger partial charge is 0.358 e. The molecule has 5 nitrogen and oxygen atoms in total. The molecule has 0 N–H and O–H groups in total. The molecule has 1 aliphatic rings. The molecule has 0 fully saturated rings. The van der Waals surface area contributed by atoms with E-state index in [1.807, 2.05) is 31.2 Å². The minimum atomic E-state index is -3.97. The lowest BCUT2D eigenvalue weighted by molar-refractivity contribution is 0.340. The van der Waals surface area contributed by atoms with Crippen molar-refractivity contribution in [1.82, 2.24) is 0 Å². The molecule has 0 spiro atoms. The monoisotopic (exact) mass is 382 g/mol. The lowest BCUT2D eigenvalue weighted by atomic mass is 10.0. The molecule has 0 amide bonds. The lowest BCUT2D eigenvalue weighted by Crippen LogP contribution is -2.03. The maximum Gasteiger partial charge on any atom is 0.358 e. The van der Waals surface area contributed by atoms with E-state index in [0.717, 1.165) is 11.1 Å². The van der Waals surface area contributed by atoms with Crippen molar-refractivity contribution in [1.29, 1.82) is 5.26 Å². The molecule has 0 aromatic heterocycles. The van der Waals surface area contributed by atoms with E-state index in [1.54, 1.807) is 30.4 Å². The van der Waals surface area contributed by atoms with Crippen LogP contribution in [0, 0.1) is 18.3 Å². The maximum absolute atomic E-state index is 12.1. The van der Waals surface area contributed by atoms with Gasteiger partial charge in [0.25, 0.3) is 0 Å². The minimum absolute atomic E-state index is 0.0321. The normalized spacial score (nSPS) is 17.2. The standard InChI is InChI=1S/C19H14N2O3S2/c1-14-7-5-6-10-16(14)17(13-20)18-11-12-19(25-18)21-24-26(22,23)15-8-3-2-4-9-15/h2-12H,1H3. The molecule has 0 bridgehead atoms. The van der Waals surface area contributed by atoms with Crippen LogP contribution in [0.5, 0.6) is 0 Å². The average Bonchev–Trinajstić information content (AvgIpc) is 3.12. The second-order valence-corrected chi connectivity index (χ2v) is 7.96. The van der Waals surface area contributed by atoms with Crippen LogP contribution in [-0.2, 0) is 14.4 Å². The fourth-order valence-corrected chi connectivity index (χ4v) is 3.96. The van der Waals surface area contributed by atoms with Crippen LogP contribution in [0.1, 0.15) is 11.1 Å². The predicted octanol–water partition coefficient (Wildman–Crippen LogP) is 4.25. The Morgan fingerprint density at radius 3 is 2.46 bits per heavy atom. The van der Waals surface area contributed by atoms with Crippen LogP contribution < -0.4 is 0 Å². The van der Waals surface area contributed by atoms with Gasteiger partial charge in [0, 0.05) is 4.91 Å². The molecular formula is C19H14N2O3S2. The minimum Gasteiger partial charge on any atom is -0.264 e. The van der Waals surface area contributed by atoms with Crippen molar-refractivity contribution in [3.05, 3.63) is 82.8 Å². The van der Waals surface area contributed by atoms with Crippen molar-refractivity contribution < 1.29 is 12.7 Å². The summed E-state index contributed by atoms with van der Waals surface area (Å²) >= 11 is 1.19. The van der Waals surface area contributed by atoms with Crippen LogP contribution in [0.3, 0.4) is 0 Å². The SMILES string of the molecule is Cc1ccccc1C(C#N)=C1C=CC(=NOS(=O)(=O)c2ccccc2)S1. The number of hydrogen-bond donors (Lipinski definition) is 0. The van der Waals surface area contributed by atoms with Crippen molar-refractivity contribution >= 4 is 32.5 Å². The van der Waals surface area contributed by atoms with E-state index >= 15 is 0 Å². The summed E-state index contributed by atoms with van der Waals surface area (Å²) in [5, 5.41) is 13.6. The Labute approximate surface area is 156 Å². The highest BCUT2D eigenvalue weighted by atomic mass is 32.2. The second kappa shape index (κ2) is 7.60. The van der Waals surface area contributed by atoms with Gasteiger partial charge in [0.05, 0.1) is 5.57 Å². The van der Waals surface area contributed by atoms with E-state index in [-0.39, 0.29) is 4.90 Å². The number of hydrogen-bond acceptors (Lipinski definition) is 6. The third-order valence-electron chi connectivity index (χ3n) is 3.62. The molecule has 0 atom stereocenters. The van der Waals surface area contributed by atoms with E-state index in [9.17, 15) is 13.7 Å². The van der Waals surface area contributed by atoms with E-state index in [0.29, 0.717) is 15.5 Å². The van der Waals surface area contributed by atoms with Gasteiger partial charge in [0.1, 0.15) is 16.0 Å². The van der Waals surface area contributed by atoms with Gasteiger partial charge in [0.2, 0.25) is 0 Å². The first kappa shape index (κ1) is 18.0. The summed E-state index contributed by atoms with van der Waals surface area (Å²) in [5.41, 5.74) is 2.33. The molecule has 0 unspecified atom stereocenters. The molecule has 2 aromatic rings. The molecule has 2 aromatic carbocycles. The first-order valence-electron chi connectivity index (χ1n) is 7.64. The number of nitriles is 1. The summed E-state index contributed by atoms with van der Waals surface area (Å²) in [4.78, 5) is 0.728. The highest BCUT2D eigenvalue weighted by Gasteiger charge is 2.19. The maximum atomic E-state index is 12.1. The van der Waals surface area contributed by atoms with Gasteiger partial charge in [0.15, 0.2) is 0 Å². The quantitative estimate of drug-likeness (QED) is 0.583. The molecule has 0 radical (unpaired) electrons. The summed E-state index contributed by atoms with van der Waals surface area (Å²) in [6.45, 7) is 1.93. The summed E-state index contributed by atoms with van der Waals surface area (Å²) in [6, 6.07) is 17.6. The summed E-state index contributed by atoms with van der Waals surface area (Å²) in [7, 11) is -3.97. The molecule has 26 heavy (non-hydrogen) atoms. The Morgan fingerprint density at radius 1 is 1.08 bits per heavy atom. The van der Waals surface area contributed by atoms with Gasteiger partial charge in [-0.25, -0.2) is 0 Å². The predicted molar refractivity (Wildman–Crippen MR) is 103 cm³/mol. The van der Waals surface area contributed by atoms with Crippen molar-refractivity contribution in [2.45, 2.75) is 11.8 Å². The van der Waals surface area contributed by atoms with Gasteiger partial charge < -0.3 is 0 Å². The van der Waals surface area contributed by atoms with Crippen molar-refractivity contribution in [3.63, 3.8) is 0 Å². The topological polar surface area (TPSA) is 79.5 Å². The van der Waals surface area contributed by atoms with Crippen LogP contribution in [0.4, 0.5) is 0 Å². The van der Waals surface area contributed by atoms with E-state index in [4.69, 9.17) is 4.28 Å². The second-order valence-electron chi connectivity index (χ2n) is 5.37. The molecule has 0 saturated heterocycles. The fourth-order valence-electron chi connectivity index (χ4n) is 2.33. The number of nitrogens with zero attached hydrogens (tertiary/aromatic N) is 2. The number of allylic oxidation sites excluding steroid dienone is 2. The molecule has 7 heteroatoms. The lowest BCUT2D eigenvalue weighted by Gasteiger charge is -2.06. The zero-order chi connectivity index (χ0) is 18.6. The van der Waals surface area contributed by atoms with Gasteiger partial charge in [-0.3, -0.25) is 4.28 Å². The number of benzene rings is 2.